The lowest BCUT2D eigenvalue weighted by Gasteiger charge is -2.44. The molecule has 0 saturated carbocycles. The molecule has 11 bridgehead atoms. The van der Waals surface area contributed by atoms with E-state index in [1.165, 1.54) is 107 Å². The minimum atomic E-state index is -2.36. The van der Waals surface area contributed by atoms with Crippen LogP contribution in [0.3, 0.4) is 0 Å². The van der Waals surface area contributed by atoms with Crippen LogP contribution in [0.15, 0.2) is 133 Å². The fourth-order valence-electron chi connectivity index (χ4n) is 15.7. The minimum Gasteiger partial charge on any atom is -0.508 e. The van der Waals surface area contributed by atoms with Gasteiger partial charge in [-0.15, -0.1) is 0 Å². The lowest BCUT2D eigenvalue weighted by Crippen LogP contribution is -2.62. The van der Waals surface area contributed by atoms with Crippen LogP contribution < -0.4 is 67.6 Å². The summed E-state index contributed by atoms with van der Waals surface area (Å²) in [5.41, 5.74) is 10.2. The van der Waals surface area contributed by atoms with Crippen LogP contribution in [0.5, 0.6) is 57.5 Å². The van der Waals surface area contributed by atoms with Gasteiger partial charge in [0.1, 0.15) is 125 Å². The van der Waals surface area contributed by atoms with E-state index in [-0.39, 0.29) is 63.7 Å². The monoisotopic (exact) mass is 1750 g/mol. The number of amides is 6. The van der Waals surface area contributed by atoms with Crippen LogP contribution in [0, 0.1) is 0 Å². The predicted molar refractivity (Wildman–Crippen MR) is 424 cm³/mol. The maximum Gasteiger partial charge on any atom is 0.330 e. The second kappa shape index (κ2) is 36.9. The molecular weight excluding hydrogens is 1650 g/mol. The summed E-state index contributed by atoms with van der Waals surface area (Å²) in [5.74, 6) is -14.8. The van der Waals surface area contributed by atoms with E-state index in [9.17, 15) is 81.1 Å². The van der Waals surface area contributed by atoms with E-state index >= 15 is 24.0 Å². The van der Waals surface area contributed by atoms with E-state index in [0.717, 1.165) is 54.6 Å². The number of carboxylic acids is 1. The number of aliphatic hydroxyl groups excluding tert-OH is 9. The fraction of sp³-hybridized carbons (Fsp3) is 0.410. The molecule has 9 aliphatic heterocycles. The topological polar surface area (TPSA) is 631 Å². The number of aliphatic carboxylic acids is 1. The summed E-state index contributed by atoms with van der Waals surface area (Å²) in [5, 5.41) is 175. The van der Waals surface area contributed by atoms with Crippen LogP contribution in [0.4, 0.5) is 0 Å². The van der Waals surface area contributed by atoms with Crippen molar-refractivity contribution in [2.75, 3.05) is 13.7 Å². The highest BCUT2D eigenvalue weighted by Crippen LogP contribution is 2.50. The molecular formula is C83H92ClN9O31. The third-order valence-corrected chi connectivity index (χ3v) is 22.9. The number of carbonyl (C=O) groups excluding carboxylic acids is 6. The summed E-state index contributed by atoms with van der Waals surface area (Å²) >= 11 is 7.39. The molecule has 0 spiro atoms. The Labute approximate surface area is 709 Å². The molecule has 7 aromatic carbocycles. The number of aromatic hydroxyl groups is 4. The standard InChI is InChI=1S/C83H92ClN9O31/c1-30-64(99)46(85)27-54(115-30)122-72-37-12-20-50(45(84)22-37)120-52-24-38-23-51(73(52)124-83-74(70(105)68(103)53(29-94)121-83)123-55-28-47(86)65(100)31(2)116-55)118-41-17-9-35(10-18-41)67(102)62(92-75(107)57(87-4)33-7-15-42(16-8-33)119-82-71(106)69(104)66(101)32(3)117-82)79(111)88-58(34-5-13-39(95)14-6-34)76(108)90-60(38)78(110)89-59-36-11-19-48(97)43(21-36)56-44(25-40(96)26-49(56)98)61(81(113)114)91-80(112)63(72)93-77(59)109/h5-26,30-32,46-47,53-55,57-72,74,82-83,87,94-106H,27-29,85-86H2,1-4H3,(H,88,111)(H,89,110)(H,90,108)(H,91,112)(H,92,107)(H,93,109)(H,113,114)/t30-,31-,32-,46+,47+,53+,54-,55-,57+,58-,59?,60?,61-,62+,63?,64-,65-,66-,67+,68+,69+,70-,71+,72+,74?,82-,83-/m0/s1. The number of carboxylic acid groups (broad SMARTS) is 1. The van der Waals surface area contributed by atoms with Gasteiger partial charge in [-0.25, -0.2) is 4.79 Å². The Morgan fingerprint density at radius 1 is 0.532 bits per heavy atom. The summed E-state index contributed by atoms with van der Waals surface area (Å²) in [4.78, 5) is 109. The minimum absolute atomic E-state index is 0.0655. The quantitative estimate of drug-likeness (QED) is 0.0623. The predicted octanol–water partition coefficient (Wildman–Crippen LogP) is -0.354. The van der Waals surface area contributed by atoms with Gasteiger partial charge in [-0.05, 0) is 140 Å². The molecule has 27 atom stereocenters. The summed E-state index contributed by atoms with van der Waals surface area (Å²) in [6.07, 6.45) is -28.8. The van der Waals surface area contributed by atoms with E-state index in [2.05, 4.69) is 37.2 Å². The Balaban J connectivity index is 0.962. The summed E-state index contributed by atoms with van der Waals surface area (Å²) < 4.78 is 63.2. The Morgan fingerprint density at radius 2 is 1.11 bits per heavy atom. The van der Waals surface area contributed by atoms with Crippen LogP contribution in [-0.4, -0.2) is 249 Å². The van der Waals surface area contributed by atoms with Crippen LogP contribution >= 0.6 is 11.6 Å². The number of carbonyl (C=O) groups is 7. The fourth-order valence-corrected chi connectivity index (χ4v) is 16.0. The smallest absolute Gasteiger partial charge is 0.330 e. The van der Waals surface area contributed by atoms with Crippen molar-refractivity contribution in [1.29, 1.82) is 0 Å². The van der Waals surface area contributed by atoms with Gasteiger partial charge in [0, 0.05) is 47.7 Å². The molecule has 4 unspecified atom stereocenters. The number of nitrogens with one attached hydrogen (secondary N) is 7. The zero-order valence-corrected chi connectivity index (χ0v) is 66.9. The van der Waals surface area contributed by atoms with Gasteiger partial charge >= 0.3 is 5.97 Å². The van der Waals surface area contributed by atoms with Crippen LogP contribution in [0.25, 0.3) is 11.1 Å². The molecule has 4 fully saturated rings. The van der Waals surface area contributed by atoms with Gasteiger partial charge in [0.15, 0.2) is 36.2 Å². The molecule has 4 saturated heterocycles. The second-order valence-electron chi connectivity index (χ2n) is 31.0. The second-order valence-corrected chi connectivity index (χ2v) is 31.4. The first-order chi connectivity index (χ1) is 59.0. The molecule has 16 rings (SSSR count). The highest BCUT2D eigenvalue weighted by atomic mass is 35.5. The lowest BCUT2D eigenvalue weighted by molar-refractivity contribution is -0.330. The van der Waals surface area contributed by atoms with Crippen molar-refractivity contribution in [2.45, 2.75) is 199 Å². The highest BCUT2D eigenvalue weighted by Gasteiger charge is 2.52. The molecule has 662 valence electrons. The molecule has 40 nitrogen and oxygen atoms in total. The molecule has 124 heavy (non-hydrogen) atoms. The molecule has 9 aliphatic rings. The summed E-state index contributed by atoms with van der Waals surface area (Å²) in [6, 6.07) is 9.01. The number of hydrogen-bond acceptors (Lipinski definition) is 33. The van der Waals surface area contributed by atoms with Gasteiger partial charge in [-0.1, -0.05) is 60.1 Å². The van der Waals surface area contributed by atoms with E-state index < -0.39 is 275 Å². The normalized spacial score (nSPS) is 32.4. The lowest BCUT2D eigenvalue weighted by atomic mass is 9.89. The zero-order valence-electron chi connectivity index (χ0n) is 66.1. The first-order valence-electron chi connectivity index (χ1n) is 39.3. The van der Waals surface area contributed by atoms with Gasteiger partial charge in [0.2, 0.25) is 53.8 Å². The SMILES string of the molecule is CN[C@@H](C(=O)N[C@H]1C(=O)N[C@@H](c2ccc(O)cc2)C(=O)NC2C(=O)NC3C(=O)NC(C(=O)N[C@H](C(=O)O)c4cc(O)cc(O)c4-c4cc3ccc4O)[C@H](O[C@H]3C[C@@H](N)[C@@H](O)[C@H](C)O3)c3ccc(c(Cl)c3)Oc3cc2cc(c3O[C@@H]2O[C@H](CO)[C@@H](O)[C@H](O)C2O[C@H]2C[C@@H](N)[C@@H](O)[C@H](C)O2)Oc2ccc(cc2)[C@H]1O)c1ccc(O[C@@H]2O[C@@H](C)[C@H](O)[C@@H](O)[C@H]2O)cc1. The van der Waals surface area contributed by atoms with Crippen molar-refractivity contribution >= 4 is 53.0 Å². The number of phenolic OH excluding ortho intramolecular Hbond substituents is 4. The van der Waals surface area contributed by atoms with Crippen molar-refractivity contribution in [2.24, 2.45) is 11.5 Å². The number of benzene rings is 7. The first-order valence-corrected chi connectivity index (χ1v) is 39.7. The maximum atomic E-state index is 16.7. The molecule has 9 heterocycles. The molecule has 25 N–H and O–H groups in total. The Hall–Kier alpha value is -11.2. The number of fused-ring (bicyclic) bond motifs is 15. The number of hydrogen-bond donors (Lipinski definition) is 23. The molecule has 0 radical (unpaired) electrons. The number of aliphatic hydroxyl groups is 9. The Bertz CT molecular complexity index is 5120. The number of phenols is 4. The Morgan fingerprint density at radius 3 is 1.73 bits per heavy atom. The van der Waals surface area contributed by atoms with Crippen LogP contribution in [0.2, 0.25) is 5.02 Å². The Kier molecular flexibility index (Phi) is 26.5. The molecule has 0 aromatic heterocycles. The number of nitrogens with two attached hydrogens (primary N) is 2. The van der Waals surface area contributed by atoms with E-state index in [1.54, 1.807) is 0 Å². The van der Waals surface area contributed by atoms with Crippen LogP contribution in [-0.2, 0) is 62.0 Å². The zero-order chi connectivity index (χ0) is 88.9. The van der Waals surface area contributed by atoms with Crippen molar-refractivity contribution in [3.63, 3.8) is 0 Å². The molecule has 6 amide bonds. The third kappa shape index (κ3) is 18.5. The summed E-state index contributed by atoms with van der Waals surface area (Å²) in [6.45, 7) is 3.41. The van der Waals surface area contributed by atoms with Gasteiger partial charge in [-0.3, -0.25) is 28.8 Å². The van der Waals surface area contributed by atoms with E-state index in [4.69, 9.17) is 70.4 Å². The molecule has 0 aliphatic carbocycles. The maximum absolute atomic E-state index is 16.7. The van der Waals surface area contributed by atoms with Gasteiger partial charge in [-0.2, -0.15) is 0 Å². The van der Waals surface area contributed by atoms with Crippen molar-refractivity contribution in [3.05, 3.63) is 177 Å². The van der Waals surface area contributed by atoms with Crippen molar-refractivity contribution in [3.8, 4) is 68.6 Å². The number of likely N-dealkylation sites (N-methyl/N-ethyl adjacent to an activating group) is 1. The molecule has 7 aromatic rings. The average molecular weight is 1750 g/mol. The van der Waals surface area contributed by atoms with E-state index in [0.29, 0.717) is 0 Å². The number of rotatable bonds is 15. The van der Waals surface area contributed by atoms with E-state index in [1.807, 2.05) is 0 Å². The van der Waals surface area contributed by atoms with Gasteiger partial charge in [0.05, 0.1) is 42.1 Å². The van der Waals surface area contributed by atoms with Crippen molar-refractivity contribution < 1.29 is 152 Å². The number of ether oxygens (including phenoxy) is 10. The van der Waals surface area contributed by atoms with Crippen molar-refractivity contribution in [1.82, 2.24) is 37.2 Å². The van der Waals surface area contributed by atoms with Gasteiger partial charge < -0.3 is 168 Å². The van der Waals surface area contributed by atoms with Crippen LogP contribution in [0.1, 0.15) is 115 Å². The molecule has 41 heteroatoms. The summed E-state index contributed by atoms with van der Waals surface area (Å²) in [7, 11) is 1.39. The average Bonchev–Trinajstić information content (AvgIpc) is 0.765. The highest BCUT2D eigenvalue weighted by molar-refractivity contribution is 6.32. The number of halogens is 1. The third-order valence-electron chi connectivity index (χ3n) is 22.6. The largest absolute Gasteiger partial charge is 0.508 e. The first kappa shape index (κ1) is 89.1. The van der Waals surface area contributed by atoms with Gasteiger partial charge in [0.25, 0.3) is 0 Å².